The van der Waals surface area contributed by atoms with Crippen molar-refractivity contribution < 1.29 is 76.5 Å². The second kappa shape index (κ2) is 46.6. The van der Waals surface area contributed by atoms with Gasteiger partial charge in [-0.25, -0.2) is 14.4 Å². The lowest BCUT2D eigenvalue weighted by Gasteiger charge is -2.41. The van der Waals surface area contributed by atoms with Crippen molar-refractivity contribution in [2.24, 2.45) is 47.2 Å². The van der Waals surface area contributed by atoms with E-state index in [4.69, 9.17) is 24.7 Å². The van der Waals surface area contributed by atoms with Crippen LogP contribution in [0.1, 0.15) is 169 Å². The first-order chi connectivity index (χ1) is 51.2. The van der Waals surface area contributed by atoms with Gasteiger partial charge in [-0.3, -0.25) is 57.9 Å². The van der Waals surface area contributed by atoms with Crippen LogP contribution in [0.4, 0.5) is 15.3 Å². The number of hydrogen-bond donors (Lipinski definition) is 4. The van der Waals surface area contributed by atoms with Crippen LogP contribution in [-0.4, -0.2) is 208 Å². The quantitative estimate of drug-likeness (QED) is 0.0232. The molecule has 0 radical (unpaired) electrons. The van der Waals surface area contributed by atoms with Gasteiger partial charge in [-0.2, -0.15) is 0 Å². The summed E-state index contributed by atoms with van der Waals surface area (Å²) in [5.74, 6) is -4.66. The molecule has 0 aromatic heterocycles. The van der Waals surface area contributed by atoms with Gasteiger partial charge < -0.3 is 50.4 Å². The maximum absolute atomic E-state index is 14.7. The van der Waals surface area contributed by atoms with Crippen LogP contribution in [0.15, 0.2) is 91.0 Å². The minimum absolute atomic E-state index is 0.000567. The Balaban J connectivity index is 0.000000522. The number of hydrogen-bond acceptors (Lipinski definition) is 17. The highest BCUT2D eigenvalue weighted by Crippen LogP contribution is 2.32. The van der Waals surface area contributed by atoms with Gasteiger partial charge in [0.1, 0.15) is 11.8 Å². The van der Waals surface area contributed by atoms with E-state index in [2.05, 4.69) is 27.8 Å². The molecule has 5 rings (SSSR count). The van der Waals surface area contributed by atoms with Crippen molar-refractivity contribution in [3.05, 3.63) is 113 Å². The molecule has 2 heterocycles. The monoisotopic (exact) mass is 1500 g/mol. The molecular weight excluding hydrogens is 1380 g/mol. The number of carbonyl (C=O) groups is 12. The van der Waals surface area contributed by atoms with Crippen LogP contribution in [-0.2, 0) is 86.2 Å². The molecule has 1 fully saturated rings. The molecule has 0 spiro atoms. The van der Waals surface area contributed by atoms with Crippen molar-refractivity contribution in [2.45, 2.75) is 215 Å². The molecule has 0 unspecified atom stereocenters. The van der Waals surface area contributed by atoms with Gasteiger partial charge in [-0.1, -0.05) is 147 Å². The Morgan fingerprint density at radius 1 is 0.667 bits per heavy atom. The number of imide groups is 1. The van der Waals surface area contributed by atoms with Gasteiger partial charge >= 0.3 is 18.1 Å². The fourth-order valence-electron chi connectivity index (χ4n) is 14.3. The number of nitrogens with zero attached hydrogens (tertiary/aromatic N) is 5. The summed E-state index contributed by atoms with van der Waals surface area (Å²) in [6, 6.07) is 21.1. The number of ketones is 3. The number of esters is 1. The average Bonchev–Trinajstić information content (AvgIpc) is 0.901. The molecule has 25 heteroatoms. The highest BCUT2D eigenvalue weighted by molar-refractivity contribution is 6.12. The average molecular weight is 1500 g/mol. The number of amides is 9. The van der Waals surface area contributed by atoms with E-state index in [1.807, 2.05) is 141 Å². The zero-order valence-electron chi connectivity index (χ0n) is 67.2. The van der Waals surface area contributed by atoms with Crippen molar-refractivity contribution in [3.8, 4) is 0 Å². The van der Waals surface area contributed by atoms with E-state index in [1.165, 1.54) is 36.2 Å². The number of anilines is 1. The van der Waals surface area contributed by atoms with Gasteiger partial charge in [0.15, 0.2) is 11.6 Å². The van der Waals surface area contributed by atoms with Gasteiger partial charge in [-0.15, -0.1) is 0 Å². The van der Waals surface area contributed by atoms with Gasteiger partial charge in [-0.05, 0) is 118 Å². The number of unbranched alkanes of at least 4 members (excludes halogenated alkanes) is 2. The third-order valence-electron chi connectivity index (χ3n) is 20.9. The molecule has 2 aliphatic heterocycles. The van der Waals surface area contributed by atoms with Crippen LogP contribution >= 0.6 is 0 Å². The number of rotatable bonds is 45. The van der Waals surface area contributed by atoms with Crippen molar-refractivity contribution >= 4 is 76.6 Å². The number of Topliss-reactive ketones (excluding diaryl/α,β-unsaturated/α-hetero) is 3. The number of aryl methyl sites for hydroxylation is 1. The van der Waals surface area contributed by atoms with Gasteiger partial charge in [0.25, 0.3) is 11.8 Å². The molecule has 108 heavy (non-hydrogen) atoms. The first-order valence-corrected chi connectivity index (χ1v) is 38.5. The predicted octanol–water partition coefficient (Wildman–Crippen LogP) is 9.59. The topological polar surface area (TPSA) is 320 Å². The first-order valence-electron chi connectivity index (χ1n) is 38.5. The number of nitrogens with one attached hydrogen (secondary N) is 3. The molecule has 598 valence electrons. The minimum Gasteiger partial charge on any atom is -0.467 e. The van der Waals surface area contributed by atoms with Crippen LogP contribution < -0.4 is 26.6 Å². The standard InChI is InChI=1S/C53H83N5O10.C30H42N4O6/c1-15-36(7)48(45(65-12)33-46(60)58-29-20-23-43(58)49(66-13)37(8)50(61)54-42(52(63)67-14)31-39-21-18-17-19-22-39)57(11)51(62)41(34(3)4)32-44(59)47(35(5)6)55(9)30-28-38-24-26-40(27-25-38)56(10)53(64)68-16-2;1-20(2)24(19-23(35)8-5-4-6-17-34-27(37)14-15-28(34)38)29(39)33-25(9-7-16-32-30(31)40)26(36)18-22-12-10-21(3)11-13-22/h17-19,21-22,24-27,34-37,41-43,45,47-49H,15-16,20,23,28-33H2,1-14H3,(H,54,61);10-15,20,24-25H,4-9,16-19H2,1-3H3,(H,33,39)(H3,31,32,40)/t36-,37+,41-,42-,43-,45+,47-,48-,49+;24-,25-/m00/s1. The number of ether oxygens (including phenoxy) is 4. The van der Waals surface area contributed by atoms with E-state index in [0.29, 0.717) is 90.4 Å². The van der Waals surface area contributed by atoms with Crippen LogP contribution in [0.3, 0.4) is 0 Å². The number of carbonyl (C=O) groups excluding carboxylic acids is 12. The lowest BCUT2D eigenvalue weighted by molar-refractivity contribution is -0.150. The SMILES string of the molecule is CCOC(=O)N(C)c1ccc(CCN(C)[C@H](C(=O)C[C@H](C(=O)N(C)[C@@H]([C@@H](C)CC)[C@@H](CC(=O)N2CCC[C@H]2[C@H](OC)[C@@H](C)C(=O)N[C@@H](Cc2ccccc2)C(=O)OC)OC)C(C)C)C(C)C)cc1.Cc1ccc(CC(=O)[C@H](CCCNC(N)=O)NC(=O)[C@@H](CC(=O)CCCCCN2C(=O)C=CC2=O)C(C)C)cc1. The predicted molar refractivity (Wildman–Crippen MR) is 416 cm³/mol. The van der Waals surface area contributed by atoms with Gasteiger partial charge in [0.2, 0.25) is 23.6 Å². The lowest BCUT2D eigenvalue weighted by Crippen LogP contribution is -2.55. The van der Waals surface area contributed by atoms with Gasteiger partial charge in [0, 0.05) is 116 Å². The molecule has 3 aromatic rings. The fourth-order valence-corrected chi connectivity index (χ4v) is 14.3. The third kappa shape index (κ3) is 28.7. The molecule has 3 aromatic carbocycles. The summed E-state index contributed by atoms with van der Waals surface area (Å²) in [6.07, 6.45) is 7.00. The smallest absolute Gasteiger partial charge is 0.413 e. The van der Waals surface area contributed by atoms with E-state index < -0.39 is 78.3 Å². The molecule has 9 amide bonds. The van der Waals surface area contributed by atoms with E-state index >= 15 is 0 Å². The minimum atomic E-state index is -0.905. The zero-order chi connectivity index (χ0) is 80.5. The van der Waals surface area contributed by atoms with Crippen molar-refractivity contribution in [1.29, 1.82) is 0 Å². The van der Waals surface area contributed by atoms with Crippen LogP contribution in [0, 0.1) is 48.3 Å². The number of likely N-dealkylation sites (N-methyl/N-ethyl adjacent to an activating group) is 2. The first kappa shape index (κ1) is 91.7. The van der Waals surface area contributed by atoms with E-state index in [9.17, 15) is 57.5 Å². The Morgan fingerprint density at radius 2 is 1.29 bits per heavy atom. The molecule has 2 aliphatic rings. The Kier molecular flexibility index (Phi) is 39.6. The Morgan fingerprint density at radius 3 is 1.85 bits per heavy atom. The second-order valence-electron chi connectivity index (χ2n) is 29.9. The molecule has 25 nitrogen and oxygen atoms in total. The number of primary amides is 1. The molecule has 0 aliphatic carbocycles. The van der Waals surface area contributed by atoms with Crippen molar-refractivity contribution in [3.63, 3.8) is 0 Å². The highest BCUT2D eigenvalue weighted by Gasteiger charge is 2.44. The van der Waals surface area contributed by atoms with Crippen LogP contribution in [0.2, 0.25) is 0 Å². The maximum Gasteiger partial charge on any atom is 0.413 e. The highest BCUT2D eigenvalue weighted by atomic mass is 16.6. The van der Waals surface area contributed by atoms with Crippen molar-refractivity contribution in [2.75, 3.05) is 80.2 Å². The zero-order valence-corrected chi connectivity index (χ0v) is 67.2. The summed E-state index contributed by atoms with van der Waals surface area (Å²) in [5, 5.41) is 8.25. The summed E-state index contributed by atoms with van der Waals surface area (Å²) in [7, 11) is 9.76. The summed E-state index contributed by atoms with van der Waals surface area (Å²) >= 11 is 0. The molecule has 0 saturated carbocycles. The van der Waals surface area contributed by atoms with Gasteiger partial charge in [0.05, 0.1) is 62.4 Å². The second-order valence-corrected chi connectivity index (χ2v) is 29.9. The van der Waals surface area contributed by atoms with Crippen molar-refractivity contribution in [1.82, 2.24) is 35.6 Å². The number of benzene rings is 3. The summed E-state index contributed by atoms with van der Waals surface area (Å²) < 4.78 is 22.2. The summed E-state index contributed by atoms with van der Waals surface area (Å²) in [5.41, 5.74) is 9.70. The Hall–Kier alpha value is -8.68. The molecule has 11 atom stereocenters. The normalized spacial score (nSPS) is 16.3. The fraction of sp³-hybridized carbons (Fsp3) is 0.614. The Labute approximate surface area is 641 Å². The van der Waals surface area contributed by atoms with E-state index in [0.717, 1.165) is 27.9 Å². The third-order valence-corrected chi connectivity index (χ3v) is 20.9. The molecular formula is C83H125N9O16. The largest absolute Gasteiger partial charge is 0.467 e. The molecule has 1 saturated heterocycles. The van der Waals surface area contributed by atoms with Crippen LogP contribution in [0.5, 0.6) is 0 Å². The van der Waals surface area contributed by atoms with Crippen LogP contribution in [0.25, 0.3) is 0 Å². The van der Waals surface area contributed by atoms with E-state index in [-0.39, 0.29) is 115 Å². The van der Waals surface area contributed by atoms with E-state index in [1.54, 1.807) is 44.9 Å². The summed E-state index contributed by atoms with van der Waals surface area (Å²) in [4.78, 5) is 164. The number of urea groups is 1. The number of likely N-dealkylation sites (tertiary alicyclic amines) is 1. The molecule has 0 bridgehead atoms. The Bertz CT molecular complexity index is 3420. The number of methoxy groups -OCH3 is 3. The maximum atomic E-state index is 14.7. The summed E-state index contributed by atoms with van der Waals surface area (Å²) in [6.45, 7) is 23.3. The molecule has 5 N–H and O–H groups in total. The number of nitrogens with two attached hydrogens (primary N) is 1. The lowest BCUT2D eigenvalue weighted by atomic mass is 9.83.